The molecule has 0 radical (unpaired) electrons. The Balaban J connectivity index is 2.01. The summed E-state index contributed by atoms with van der Waals surface area (Å²) in [6.07, 6.45) is 6.07. The van der Waals surface area contributed by atoms with Gasteiger partial charge in [-0.3, -0.25) is 4.98 Å². The summed E-state index contributed by atoms with van der Waals surface area (Å²) in [4.78, 5) is 4.38. The van der Waals surface area contributed by atoms with Crippen molar-refractivity contribution in [3.63, 3.8) is 0 Å². The van der Waals surface area contributed by atoms with E-state index in [1.807, 2.05) is 6.20 Å². The Morgan fingerprint density at radius 2 is 2.25 bits per heavy atom. The molecule has 1 N–H and O–H groups in total. The molecule has 2 rings (SSSR count). The fourth-order valence-corrected chi connectivity index (χ4v) is 2.50. The molecule has 2 heteroatoms. The lowest BCUT2D eigenvalue weighted by Gasteiger charge is -2.11. The molecule has 88 valence electrons. The largest absolute Gasteiger partial charge is 0.393 e. The summed E-state index contributed by atoms with van der Waals surface area (Å²) in [7, 11) is 0. The lowest BCUT2D eigenvalue weighted by molar-refractivity contribution is 0.177. The molecule has 2 atom stereocenters. The van der Waals surface area contributed by atoms with E-state index in [1.54, 1.807) is 0 Å². The van der Waals surface area contributed by atoms with Crippen molar-refractivity contribution in [2.24, 2.45) is 5.92 Å². The smallest absolute Gasteiger partial charge is 0.0543 e. The fourth-order valence-electron chi connectivity index (χ4n) is 2.50. The first-order valence-corrected chi connectivity index (χ1v) is 6.28. The minimum Gasteiger partial charge on any atom is -0.393 e. The minimum atomic E-state index is -0.0589. The highest BCUT2D eigenvalue weighted by Gasteiger charge is 2.22. The summed E-state index contributed by atoms with van der Waals surface area (Å²) in [5, 5.41) is 9.51. The maximum atomic E-state index is 9.51. The van der Waals surface area contributed by atoms with Crippen LogP contribution >= 0.6 is 0 Å². The number of aromatic nitrogens is 1. The van der Waals surface area contributed by atoms with E-state index in [1.165, 1.54) is 17.7 Å². The molecule has 1 aromatic rings. The molecule has 0 saturated heterocycles. The zero-order valence-corrected chi connectivity index (χ0v) is 10.2. The highest BCUT2D eigenvalue weighted by Crippen LogP contribution is 2.28. The van der Waals surface area contributed by atoms with Crippen LogP contribution in [0.15, 0.2) is 18.3 Å². The van der Waals surface area contributed by atoms with Crippen LogP contribution in [0, 0.1) is 5.92 Å². The number of rotatable bonds is 3. The number of aliphatic hydroxyl groups excluding tert-OH is 1. The normalized spacial score (nSPS) is 25.2. The standard InChI is InChI=1S/C14H21NO/c1-10(2)14-9-12(5-6-15-14)7-11-3-4-13(16)8-11/h5-6,9-11,13,16H,3-4,7-8H2,1-2H3. The van der Waals surface area contributed by atoms with Gasteiger partial charge in [-0.15, -0.1) is 0 Å². The molecule has 2 unspecified atom stereocenters. The van der Waals surface area contributed by atoms with Gasteiger partial charge < -0.3 is 5.11 Å². The minimum absolute atomic E-state index is 0.0589. The molecule has 1 aliphatic carbocycles. The molecule has 1 fully saturated rings. The Morgan fingerprint density at radius 3 is 2.88 bits per heavy atom. The summed E-state index contributed by atoms with van der Waals surface area (Å²) in [5.41, 5.74) is 2.55. The van der Waals surface area contributed by atoms with Gasteiger partial charge in [-0.1, -0.05) is 13.8 Å². The quantitative estimate of drug-likeness (QED) is 0.848. The van der Waals surface area contributed by atoms with Crippen molar-refractivity contribution in [2.75, 3.05) is 0 Å². The summed E-state index contributed by atoms with van der Waals surface area (Å²) >= 11 is 0. The lowest BCUT2D eigenvalue weighted by atomic mass is 9.97. The van der Waals surface area contributed by atoms with E-state index >= 15 is 0 Å². The van der Waals surface area contributed by atoms with Gasteiger partial charge in [0.2, 0.25) is 0 Å². The van der Waals surface area contributed by atoms with Gasteiger partial charge in [0.1, 0.15) is 0 Å². The zero-order valence-electron chi connectivity index (χ0n) is 10.2. The zero-order chi connectivity index (χ0) is 11.5. The molecule has 1 heterocycles. The van der Waals surface area contributed by atoms with Crippen molar-refractivity contribution in [2.45, 2.75) is 51.6 Å². The van der Waals surface area contributed by atoms with E-state index in [0.717, 1.165) is 19.3 Å². The lowest BCUT2D eigenvalue weighted by Crippen LogP contribution is -2.04. The number of hydrogen-bond donors (Lipinski definition) is 1. The third-order valence-electron chi connectivity index (χ3n) is 3.47. The monoisotopic (exact) mass is 219 g/mol. The molecule has 1 aromatic heterocycles. The van der Waals surface area contributed by atoms with Crippen LogP contribution in [0.25, 0.3) is 0 Å². The molecule has 16 heavy (non-hydrogen) atoms. The first-order valence-electron chi connectivity index (χ1n) is 6.28. The third kappa shape index (κ3) is 2.82. The van der Waals surface area contributed by atoms with Crippen molar-refractivity contribution < 1.29 is 5.11 Å². The van der Waals surface area contributed by atoms with E-state index in [4.69, 9.17) is 0 Å². The van der Waals surface area contributed by atoms with Crippen molar-refractivity contribution in [3.8, 4) is 0 Å². The molecular weight excluding hydrogens is 198 g/mol. The summed E-state index contributed by atoms with van der Waals surface area (Å²) < 4.78 is 0. The van der Waals surface area contributed by atoms with Gasteiger partial charge in [0.05, 0.1) is 6.10 Å². The van der Waals surface area contributed by atoms with Gasteiger partial charge >= 0.3 is 0 Å². The van der Waals surface area contributed by atoms with Gasteiger partial charge in [0.15, 0.2) is 0 Å². The molecule has 0 aliphatic heterocycles. The number of nitrogens with zero attached hydrogens (tertiary/aromatic N) is 1. The van der Waals surface area contributed by atoms with Gasteiger partial charge in [-0.2, -0.15) is 0 Å². The Morgan fingerprint density at radius 1 is 1.44 bits per heavy atom. The topological polar surface area (TPSA) is 33.1 Å². The fraction of sp³-hybridized carbons (Fsp3) is 0.643. The van der Waals surface area contributed by atoms with Crippen LogP contribution in [0.3, 0.4) is 0 Å². The van der Waals surface area contributed by atoms with Gasteiger partial charge in [-0.25, -0.2) is 0 Å². The average Bonchev–Trinajstić information content (AvgIpc) is 2.64. The summed E-state index contributed by atoms with van der Waals surface area (Å²) in [6, 6.07) is 4.33. The molecule has 0 amide bonds. The van der Waals surface area contributed by atoms with E-state index < -0.39 is 0 Å². The second kappa shape index (κ2) is 4.96. The SMILES string of the molecule is CC(C)c1cc(CC2CCC(O)C2)ccn1. The number of pyridine rings is 1. The summed E-state index contributed by atoms with van der Waals surface area (Å²) in [6.45, 7) is 4.34. The van der Waals surface area contributed by atoms with E-state index in [9.17, 15) is 5.11 Å². The molecule has 1 saturated carbocycles. The van der Waals surface area contributed by atoms with E-state index in [2.05, 4.69) is 31.0 Å². The number of hydrogen-bond acceptors (Lipinski definition) is 2. The van der Waals surface area contributed by atoms with Crippen molar-refractivity contribution >= 4 is 0 Å². The average molecular weight is 219 g/mol. The van der Waals surface area contributed by atoms with Crippen LogP contribution in [0.4, 0.5) is 0 Å². The van der Waals surface area contributed by atoms with Gasteiger partial charge in [-0.05, 0) is 55.2 Å². The van der Waals surface area contributed by atoms with Crippen molar-refractivity contribution in [1.29, 1.82) is 0 Å². The van der Waals surface area contributed by atoms with Crippen LogP contribution in [0.5, 0.6) is 0 Å². The maximum absolute atomic E-state index is 9.51. The van der Waals surface area contributed by atoms with Gasteiger partial charge in [0.25, 0.3) is 0 Å². The molecule has 0 spiro atoms. The molecule has 2 nitrogen and oxygen atoms in total. The van der Waals surface area contributed by atoms with Gasteiger partial charge in [0, 0.05) is 11.9 Å². The second-order valence-corrected chi connectivity index (χ2v) is 5.28. The second-order valence-electron chi connectivity index (χ2n) is 5.28. The van der Waals surface area contributed by atoms with Crippen LogP contribution in [0.2, 0.25) is 0 Å². The number of aliphatic hydroxyl groups is 1. The van der Waals surface area contributed by atoms with E-state index in [-0.39, 0.29) is 6.10 Å². The predicted octanol–water partition coefficient (Wildman–Crippen LogP) is 2.91. The van der Waals surface area contributed by atoms with Crippen LogP contribution in [0.1, 0.15) is 50.3 Å². The van der Waals surface area contributed by atoms with Crippen LogP contribution in [-0.2, 0) is 6.42 Å². The van der Waals surface area contributed by atoms with Crippen molar-refractivity contribution in [1.82, 2.24) is 4.98 Å². The molecule has 0 aromatic carbocycles. The Hall–Kier alpha value is -0.890. The third-order valence-corrected chi connectivity index (χ3v) is 3.47. The Kier molecular flexibility index (Phi) is 3.59. The first-order chi connectivity index (χ1) is 7.65. The molecular formula is C14H21NO. The Bertz CT molecular complexity index is 348. The predicted molar refractivity (Wildman–Crippen MR) is 65.4 cm³/mol. The highest BCUT2D eigenvalue weighted by molar-refractivity contribution is 5.19. The molecule has 0 bridgehead atoms. The highest BCUT2D eigenvalue weighted by atomic mass is 16.3. The first kappa shape index (κ1) is 11.6. The Labute approximate surface area is 97.7 Å². The summed E-state index contributed by atoms with van der Waals surface area (Å²) in [5.74, 6) is 1.16. The van der Waals surface area contributed by atoms with Crippen LogP contribution < -0.4 is 0 Å². The van der Waals surface area contributed by atoms with E-state index in [0.29, 0.717) is 11.8 Å². The van der Waals surface area contributed by atoms with Crippen molar-refractivity contribution in [3.05, 3.63) is 29.6 Å². The van der Waals surface area contributed by atoms with Crippen LogP contribution in [-0.4, -0.2) is 16.2 Å². The maximum Gasteiger partial charge on any atom is 0.0543 e. The molecule has 1 aliphatic rings.